The second kappa shape index (κ2) is 6.51. The van der Waals surface area contributed by atoms with Crippen molar-refractivity contribution in [2.24, 2.45) is 5.92 Å². The highest BCUT2D eigenvalue weighted by Crippen LogP contribution is 2.11. The molecule has 0 aliphatic rings. The van der Waals surface area contributed by atoms with Gasteiger partial charge in [0.15, 0.2) is 0 Å². The van der Waals surface area contributed by atoms with E-state index in [2.05, 4.69) is 0 Å². The van der Waals surface area contributed by atoms with Crippen LogP contribution in [0.25, 0.3) is 0 Å². The smallest absolute Gasteiger partial charge is 0.410 e. The molecule has 0 aliphatic heterocycles. The lowest BCUT2D eigenvalue weighted by Crippen LogP contribution is -2.39. The minimum atomic E-state index is -0.493. The van der Waals surface area contributed by atoms with Crippen LogP contribution in [-0.2, 0) is 9.53 Å². The zero-order chi connectivity index (χ0) is 12.8. The number of nitrogens with zero attached hydrogens (tertiary/aromatic N) is 1. The molecule has 0 fully saturated rings. The van der Waals surface area contributed by atoms with Crippen molar-refractivity contribution in [1.82, 2.24) is 4.90 Å². The zero-order valence-corrected chi connectivity index (χ0v) is 10.9. The van der Waals surface area contributed by atoms with Crippen molar-refractivity contribution in [3.63, 3.8) is 0 Å². The Morgan fingerprint density at radius 2 is 2.00 bits per heavy atom. The third kappa shape index (κ3) is 6.43. The first-order valence-corrected chi connectivity index (χ1v) is 5.73. The van der Waals surface area contributed by atoms with Crippen molar-refractivity contribution in [1.29, 1.82) is 0 Å². The van der Waals surface area contributed by atoms with E-state index < -0.39 is 5.60 Å². The number of amides is 1. The Hall–Kier alpha value is -1.06. The van der Waals surface area contributed by atoms with Crippen molar-refractivity contribution >= 4 is 12.4 Å². The minimum Gasteiger partial charge on any atom is -0.444 e. The number of hydrogen-bond acceptors (Lipinski definition) is 3. The van der Waals surface area contributed by atoms with Gasteiger partial charge in [0.1, 0.15) is 11.9 Å². The summed E-state index contributed by atoms with van der Waals surface area (Å²) in [5.41, 5.74) is -0.493. The summed E-state index contributed by atoms with van der Waals surface area (Å²) in [4.78, 5) is 23.9. The largest absolute Gasteiger partial charge is 0.444 e. The van der Waals surface area contributed by atoms with Crippen molar-refractivity contribution in [2.45, 2.75) is 46.6 Å². The van der Waals surface area contributed by atoms with E-state index in [0.717, 1.165) is 12.7 Å². The highest BCUT2D eigenvalue weighted by atomic mass is 16.6. The first kappa shape index (κ1) is 14.9. The molecule has 1 atom stereocenters. The number of aldehydes is 1. The molecule has 0 aliphatic carbocycles. The van der Waals surface area contributed by atoms with E-state index in [1.165, 1.54) is 0 Å². The Morgan fingerprint density at radius 3 is 2.38 bits per heavy atom. The maximum absolute atomic E-state index is 11.8. The molecule has 0 rings (SSSR count). The summed E-state index contributed by atoms with van der Waals surface area (Å²) in [6.07, 6.45) is 1.36. The molecule has 0 aromatic heterocycles. The monoisotopic (exact) mass is 229 g/mol. The number of carbonyl (C=O) groups excluding carboxylic acids is 2. The SMILES string of the molecule is CCCN(CC(C)C=O)C(=O)OC(C)(C)C. The van der Waals surface area contributed by atoms with Crippen LogP contribution in [0.2, 0.25) is 0 Å². The molecule has 0 saturated heterocycles. The van der Waals surface area contributed by atoms with Gasteiger partial charge in [-0.05, 0) is 27.2 Å². The maximum Gasteiger partial charge on any atom is 0.410 e. The molecule has 1 unspecified atom stereocenters. The van der Waals surface area contributed by atoms with E-state index in [-0.39, 0.29) is 12.0 Å². The van der Waals surface area contributed by atoms with Gasteiger partial charge in [0, 0.05) is 19.0 Å². The molecule has 0 radical (unpaired) electrons. The van der Waals surface area contributed by atoms with E-state index >= 15 is 0 Å². The second-order valence-electron chi connectivity index (χ2n) is 5.04. The van der Waals surface area contributed by atoms with Crippen molar-refractivity contribution in [3.8, 4) is 0 Å². The van der Waals surface area contributed by atoms with Crippen LogP contribution in [0.5, 0.6) is 0 Å². The summed E-state index contributed by atoms with van der Waals surface area (Å²) >= 11 is 0. The van der Waals surface area contributed by atoms with Gasteiger partial charge in [-0.15, -0.1) is 0 Å². The lowest BCUT2D eigenvalue weighted by Gasteiger charge is -2.28. The molecular formula is C12H23NO3. The molecule has 0 bridgehead atoms. The van der Waals surface area contributed by atoms with E-state index in [1.54, 1.807) is 11.8 Å². The lowest BCUT2D eigenvalue weighted by atomic mass is 10.2. The van der Waals surface area contributed by atoms with Gasteiger partial charge in [0.25, 0.3) is 0 Å². The number of carbonyl (C=O) groups is 2. The fourth-order valence-electron chi connectivity index (χ4n) is 1.24. The predicted molar refractivity (Wildman–Crippen MR) is 63.3 cm³/mol. The fourth-order valence-corrected chi connectivity index (χ4v) is 1.24. The number of ether oxygens (including phenoxy) is 1. The Balaban J connectivity index is 4.40. The first-order valence-electron chi connectivity index (χ1n) is 5.73. The van der Waals surface area contributed by atoms with Crippen molar-refractivity contribution in [2.75, 3.05) is 13.1 Å². The Morgan fingerprint density at radius 1 is 1.44 bits per heavy atom. The molecule has 0 spiro atoms. The molecule has 1 amide bonds. The van der Waals surface area contributed by atoms with Gasteiger partial charge in [0.05, 0.1) is 0 Å². The first-order chi connectivity index (χ1) is 7.30. The summed E-state index contributed by atoms with van der Waals surface area (Å²) in [5, 5.41) is 0. The van der Waals surface area contributed by atoms with E-state index in [9.17, 15) is 9.59 Å². The topological polar surface area (TPSA) is 46.6 Å². The van der Waals surface area contributed by atoms with Gasteiger partial charge >= 0.3 is 6.09 Å². The normalized spacial score (nSPS) is 13.1. The standard InChI is InChI=1S/C12H23NO3/c1-6-7-13(8-10(2)9-14)11(15)16-12(3,4)5/h9-10H,6-8H2,1-5H3. The third-order valence-corrected chi connectivity index (χ3v) is 1.89. The van der Waals surface area contributed by atoms with E-state index in [4.69, 9.17) is 4.74 Å². The van der Waals surface area contributed by atoms with Crippen LogP contribution < -0.4 is 0 Å². The number of rotatable bonds is 5. The predicted octanol–water partition coefficient (Wildman–Crippen LogP) is 2.47. The molecule has 4 heteroatoms. The van der Waals surface area contributed by atoms with Crippen LogP contribution in [-0.4, -0.2) is 36.0 Å². The molecular weight excluding hydrogens is 206 g/mol. The van der Waals surface area contributed by atoms with Crippen molar-refractivity contribution in [3.05, 3.63) is 0 Å². The summed E-state index contributed by atoms with van der Waals surface area (Å²) < 4.78 is 5.27. The highest BCUT2D eigenvalue weighted by molar-refractivity contribution is 5.68. The van der Waals surface area contributed by atoms with Gasteiger partial charge < -0.3 is 14.4 Å². The highest BCUT2D eigenvalue weighted by Gasteiger charge is 2.22. The Bertz CT molecular complexity index is 233. The summed E-state index contributed by atoms with van der Waals surface area (Å²) in [7, 11) is 0. The molecule has 0 saturated carbocycles. The average molecular weight is 229 g/mol. The lowest BCUT2D eigenvalue weighted by molar-refractivity contribution is -0.111. The van der Waals surface area contributed by atoms with Crippen LogP contribution in [0.15, 0.2) is 0 Å². The quantitative estimate of drug-likeness (QED) is 0.680. The van der Waals surface area contributed by atoms with Gasteiger partial charge in [-0.2, -0.15) is 0 Å². The van der Waals surface area contributed by atoms with Crippen LogP contribution in [0.4, 0.5) is 4.79 Å². The molecule has 94 valence electrons. The Labute approximate surface area is 98.0 Å². The molecule has 0 heterocycles. The minimum absolute atomic E-state index is 0.154. The molecule has 0 aromatic rings. The third-order valence-electron chi connectivity index (χ3n) is 1.89. The van der Waals surface area contributed by atoms with Gasteiger partial charge in [-0.3, -0.25) is 0 Å². The Kier molecular flexibility index (Phi) is 6.08. The second-order valence-corrected chi connectivity index (χ2v) is 5.04. The summed E-state index contributed by atoms with van der Waals surface area (Å²) in [6.45, 7) is 10.3. The van der Waals surface area contributed by atoms with Crippen LogP contribution in [0, 0.1) is 5.92 Å². The summed E-state index contributed by atoms with van der Waals surface area (Å²) in [6, 6.07) is 0. The van der Waals surface area contributed by atoms with Crippen LogP contribution in [0.3, 0.4) is 0 Å². The number of hydrogen-bond donors (Lipinski definition) is 0. The molecule has 0 aromatic carbocycles. The van der Waals surface area contributed by atoms with E-state index in [0.29, 0.717) is 13.1 Å². The average Bonchev–Trinajstić information content (AvgIpc) is 2.14. The summed E-state index contributed by atoms with van der Waals surface area (Å²) in [5.74, 6) is -0.154. The van der Waals surface area contributed by atoms with Crippen molar-refractivity contribution < 1.29 is 14.3 Å². The molecule has 16 heavy (non-hydrogen) atoms. The zero-order valence-electron chi connectivity index (χ0n) is 10.9. The van der Waals surface area contributed by atoms with Gasteiger partial charge in [0.2, 0.25) is 0 Å². The molecule has 0 N–H and O–H groups in total. The molecule has 4 nitrogen and oxygen atoms in total. The van der Waals surface area contributed by atoms with Gasteiger partial charge in [-0.1, -0.05) is 13.8 Å². The maximum atomic E-state index is 11.8. The fraction of sp³-hybridized carbons (Fsp3) is 0.833. The van der Waals surface area contributed by atoms with Crippen LogP contribution >= 0.6 is 0 Å². The van der Waals surface area contributed by atoms with Crippen LogP contribution in [0.1, 0.15) is 41.0 Å². The van der Waals surface area contributed by atoms with E-state index in [1.807, 2.05) is 27.7 Å². The van der Waals surface area contributed by atoms with Gasteiger partial charge in [-0.25, -0.2) is 4.79 Å².